The third-order valence-corrected chi connectivity index (χ3v) is 2.09. The SMILES string of the molecule is CC(C)c1c(F)c(F)c(F)c(C(=O)O)c1F. The lowest BCUT2D eigenvalue weighted by Crippen LogP contribution is -2.13. The Morgan fingerprint density at radius 1 is 1.00 bits per heavy atom. The molecule has 0 bridgehead atoms. The third kappa shape index (κ3) is 1.75. The number of aromatic carboxylic acids is 1. The Hall–Kier alpha value is -1.59. The highest BCUT2D eigenvalue weighted by Gasteiger charge is 2.29. The Morgan fingerprint density at radius 3 is 1.88 bits per heavy atom. The Kier molecular flexibility index (Phi) is 3.21. The molecule has 0 unspecified atom stereocenters. The Labute approximate surface area is 88.5 Å². The molecule has 0 atom stereocenters. The van der Waals surface area contributed by atoms with Gasteiger partial charge >= 0.3 is 5.97 Å². The van der Waals surface area contributed by atoms with E-state index in [0.717, 1.165) is 0 Å². The monoisotopic (exact) mass is 236 g/mol. The van der Waals surface area contributed by atoms with Crippen LogP contribution < -0.4 is 0 Å². The molecule has 6 heteroatoms. The summed E-state index contributed by atoms with van der Waals surface area (Å²) in [6.07, 6.45) is 0. The molecule has 0 radical (unpaired) electrons. The van der Waals surface area contributed by atoms with Gasteiger partial charge in [-0.3, -0.25) is 0 Å². The number of benzene rings is 1. The number of hydrogen-bond acceptors (Lipinski definition) is 1. The molecular formula is C10H8F4O2. The largest absolute Gasteiger partial charge is 0.477 e. The van der Waals surface area contributed by atoms with Crippen LogP contribution in [0.3, 0.4) is 0 Å². The first-order valence-electron chi connectivity index (χ1n) is 4.38. The molecule has 0 amide bonds. The fourth-order valence-electron chi connectivity index (χ4n) is 1.35. The molecule has 88 valence electrons. The molecule has 16 heavy (non-hydrogen) atoms. The molecule has 0 saturated heterocycles. The number of rotatable bonds is 2. The second-order valence-electron chi connectivity index (χ2n) is 3.50. The molecule has 0 fully saturated rings. The lowest BCUT2D eigenvalue weighted by molar-refractivity contribution is 0.0684. The normalized spacial score (nSPS) is 10.9. The summed E-state index contributed by atoms with van der Waals surface area (Å²) in [6, 6.07) is 0. The summed E-state index contributed by atoms with van der Waals surface area (Å²) in [6.45, 7) is 2.68. The summed E-state index contributed by atoms with van der Waals surface area (Å²) in [7, 11) is 0. The summed E-state index contributed by atoms with van der Waals surface area (Å²) in [4.78, 5) is 10.5. The highest BCUT2D eigenvalue weighted by Crippen LogP contribution is 2.29. The van der Waals surface area contributed by atoms with Crippen molar-refractivity contribution in [1.82, 2.24) is 0 Å². The van der Waals surface area contributed by atoms with Gasteiger partial charge in [0.05, 0.1) is 0 Å². The van der Waals surface area contributed by atoms with Crippen LogP contribution in [0.2, 0.25) is 0 Å². The van der Waals surface area contributed by atoms with Crippen LogP contribution in [0.25, 0.3) is 0 Å². The molecule has 0 heterocycles. The van der Waals surface area contributed by atoms with E-state index >= 15 is 0 Å². The average molecular weight is 236 g/mol. The van der Waals surface area contributed by atoms with Crippen LogP contribution in [0, 0.1) is 23.3 Å². The fourth-order valence-corrected chi connectivity index (χ4v) is 1.35. The maximum absolute atomic E-state index is 13.4. The van der Waals surface area contributed by atoms with Gasteiger partial charge in [-0.2, -0.15) is 0 Å². The van der Waals surface area contributed by atoms with Gasteiger partial charge in [-0.1, -0.05) is 13.8 Å². The smallest absolute Gasteiger partial charge is 0.341 e. The van der Waals surface area contributed by atoms with Gasteiger partial charge in [0.25, 0.3) is 0 Å². The van der Waals surface area contributed by atoms with E-state index in [1.807, 2.05) is 0 Å². The third-order valence-electron chi connectivity index (χ3n) is 2.09. The number of hydrogen-bond donors (Lipinski definition) is 1. The van der Waals surface area contributed by atoms with Crippen molar-refractivity contribution in [3.05, 3.63) is 34.4 Å². The van der Waals surface area contributed by atoms with Crippen molar-refractivity contribution in [2.24, 2.45) is 0 Å². The van der Waals surface area contributed by atoms with Crippen LogP contribution in [0.5, 0.6) is 0 Å². The van der Waals surface area contributed by atoms with Crippen LogP contribution in [0.1, 0.15) is 35.7 Å². The summed E-state index contributed by atoms with van der Waals surface area (Å²) >= 11 is 0. The molecule has 1 N–H and O–H groups in total. The van der Waals surface area contributed by atoms with E-state index in [0.29, 0.717) is 0 Å². The summed E-state index contributed by atoms with van der Waals surface area (Å²) in [5.41, 5.74) is -2.24. The molecule has 0 spiro atoms. The van der Waals surface area contributed by atoms with Gasteiger partial charge in [0, 0.05) is 5.56 Å². The van der Waals surface area contributed by atoms with Crippen LogP contribution in [0.4, 0.5) is 17.6 Å². The molecule has 2 nitrogen and oxygen atoms in total. The Balaban J connectivity index is 3.73. The highest BCUT2D eigenvalue weighted by molar-refractivity contribution is 5.88. The van der Waals surface area contributed by atoms with Crippen molar-refractivity contribution in [2.45, 2.75) is 19.8 Å². The number of carbonyl (C=O) groups is 1. The number of carboxylic acids is 1. The minimum Gasteiger partial charge on any atom is -0.477 e. The van der Waals surface area contributed by atoms with Crippen LogP contribution >= 0.6 is 0 Å². The van der Waals surface area contributed by atoms with Crippen molar-refractivity contribution in [3.8, 4) is 0 Å². The predicted molar refractivity (Wildman–Crippen MR) is 47.3 cm³/mol. The second kappa shape index (κ2) is 4.11. The predicted octanol–water partition coefficient (Wildman–Crippen LogP) is 3.06. The van der Waals surface area contributed by atoms with E-state index in [1.54, 1.807) is 0 Å². The first kappa shape index (κ1) is 12.5. The molecular weight excluding hydrogens is 228 g/mol. The fraction of sp³-hybridized carbons (Fsp3) is 0.300. The summed E-state index contributed by atoms with van der Waals surface area (Å²) < 4.78 is 52.6. The lowest BCUT2D eigenvalue weighted by atomic mass is 9.98. The van der Waals surface area contributed by atoms with E-state index in [9.17, 15) is 22.4 Å². The molecule has 1 aromatic rings. The minimum absolute atomic E-state index is 0.767. The molecule has 1 rings (SSSR count). The molecule has 0 aliphatic rings. The first-order valence-corrected chi connectivity index (χ1v) is 4.38. The van der Waals surface area contributed by atoms with Crippen molar-refractivity contribution in [3.63, 3.8) is 0 Å². The minimum atomic E-state index is -2.02. The molecule has 1 aromatic carbocycles. The standard InChI is InChI=1S/C10H8F4O2/c1-3(2)4-6(11)5(10(15)16)8(13)9(14)7(4)12/h3H,1-2H3,(H,15,16). The highest BCUT2D eigenvalue weighted by atomic mass is 19.2. The second-order valence-corrected chi connectivity index (χ2v) is 3.50. The summed E-state index contributed by atoms with van der Waals surface area (Å²) in [5, 5.41) is 8.50. The molecule has 0 aromatic heterocycles. The zero-order chi connectivity index (χ0) is 12.6. The van der Waals surface area contributed by atoms with Crippen molar-refractivity contribution >= 4 is 5.97 Å². The first-order chi connectivity index (χ1) is 7.29. The molecule has 0 saturated carbocycles. The van der Waals surface area contributed by atoms with E-state index in [-0.39, 0.29) is 0 Å². The number of carboxylic acid groups (broad SMARTS) is 1. The van der Waals surface area contributed by atoms with Crippen LogP contribution in [-0.4, -0.2) is 11.1 Å². The maximum Gasteiger partial charge on any atom is 0.341 e. The van der Waals surface area contributed by atoms with Crippen molar-refractivity contribution < 1.29 is 27.5 Å². The van der Waals surface area contributed by atoms with Gasteiger partial charge in [0.2, 0.25) is 0 Å². The van der Waals surface area contributed by atoms with Crippen molar-refractivity contribution in [1.29, 1.82) is 0 Å². The topological polar surface area (TPSA) is 37.3 Å². The zero-order valence-electron chi connectivity index (χ0n) is 8.44. The van der Waals surface area contributed by atoms with E-state index < -0.39 is 46.3 Å². The summed E-state index contributed by atoms with van der Waals surface area (Å²) in [5.74, 6) is -10.0. The van der Waals surface area contributed by atoms with Gasteiger partial charge in [0.15, 0.2) is 17.5 Å². The zero-order valence-corrected chi connectivity index (χ0v) is 8.44. The van der Waals surface area contributed by atoms with Gasteiger partial charge in [-0.15, -0.1) is 0 Å². The molecule has 0 aliphatic carbocycles. The maximum atomic E-state index is 13.4. The molecule has 0 aliphatic heterocycles. The van der Waals surface area contributed by atoms with Gasteiger partial charge in [0.1, 0.15) is 11.4 Å². The Morgan fingerprint density at radius 2 is 1.50 bits per heavy atom. The van der Waals surface area contributed by atoms with Crippen LogP contribution in [-0.2, 0) is 0 Å². The van der Waals surface area contributed by atoms with E-state index in [1.165, 1.54) is 13.8 Å². The van der Waals surface area contributed by atoms with Gasteiger partial charge in [-0.25, -0.2) is 22.4 Å². The quantitative estimate of drug-likeness (QED) is 0.486. The Bertz CT molecular complexity index is 455. The van der Waals surface area contributed by atoms with Crippen molar-refractivity contribution in [2.75, 3.05) is 0 Å². The lowest BCUT2D eigenvalue weighted by Gasteiger charge is -2.12. The van der Waals surface area contributed by atoms with E-state index in [4.69, 9.17) is 5.11 Å². The van der Waals surface area contributed by atoms with Crippen LogP contribution in [0.15, 0.2) is 0 Å². The average Bonchev–Trinajstić information content (AvgIpc) is 2.13. The number of halogens is 4. The van der Waals surface area contributed by atoms with Gasteiger partial charge in [-0.05, 0) is 5.92 Å². The van der Waals surface area contributed by atoms with Gasteiger partial charge < -0.3 is 5.11 Å². The van der Waals surface area contributed by atoms with E-state index in [2.05, 4.69) is 0 Å².